The van der Waals surface area contributed by atoms with Crippen LogP contribution >= 0.6 is 11.3 Å². The minimum absolute atomic E-state index is 0.0772. The van der Waals surface area contributed by atoms with Crippen molar-refractivity contribution < 1.29 is 9.21 Å². The van der Waals surface area contributed by atoms with Crippen molar-refractivity contribution in [2.24, 2.45) is 0 Å². The van der Waals surface area contributed by atoms with E-state index in [1.807, 2.05) is 36.7 Å². The largest absolute Gasteiger partial charge is 0.466 e. The van der Waals surface area contributed by atoms with Crippen LogP contribution in [0, 0.1) is 6.92 Å². The number of hydrogen-bond donors (Lipinski definition) is 0. The highest BCUT2D eigenvalue weighted by atomic mass is 32.1. The fourth-order valence-electron chi connectivity index (χ4n) is 2.48. The zero-order chi connectivity index (χ0) is 16.2. The molecule has 5 heteroatoms. The van der Waals surface area contributed by atoms with Gasteiger partial charge in [0.2, 0.25) is 5.91 Å². The van der Waals surface area contributed by atoms with E-state index in [1.165, 1.54) is 6.08 Å². The summed E-state index contributed by atoms with van der Waals surface area (Å²) in [6, 6.07) is 10.0. The molecule has 3 rings (SSSR count). The van der Waals surface area contributed by atoms with Gasteiger partial charge in [-0.05, 0) is 42.8 Å². The Morgan fingerprint density at radius 1 is 1.39 bits per heavy atom. The number of fused-ring (bicyclic) bond motifs is 1. The maximum Gasteiger partial charge on any atom is 0.246 e. The molecule has 3 aromatic rings. The summed E-state index contributed by atoms with van der Waals surface area (Å²) in [7, 11) is 0. The molecule has 0 saturated heterocycles. The van der Waals surface area contributed by atoms with Crippen molar-refractivity contribution in [3.63, 3.8) is 0 Å². The number of hydrogen-bond acceptors (Lipinski definition) is 4. The second-order valence-corrected chi connectivity index (χ2v) is 6.27. The van der Waals surface area contributed by atoms with Gasteiger partial charge in [-0.25, -0.2) is 4.98 Å². The van der Waals surface area contributed by atoms with Gasteiger partial charge in [0.15, 0.2) is 0 Å². The lowest BCUT2D eigenvalue weighted by atomic mass is 10.2. The summed E-state index contributed by atoms with van der Waals surface area (Å²) >= 11 is 1.62. The number of amides is 1. The van der Waals surface area contributed by atoms with Crippen molar-refractivity contribution in [2.45, 2.75) is 19.9 Å². The van der Waals surface area contributed by atoms with Crippen molar-refractivity contribution in [3.8, 4) is 0 Å². The average molecular weight is 326 g/mol. The Bertz CT molecular complexity index is 834. The van der Waals surface area contributed by atoms with Gasteiger partial charge < -0.3 is 9.32 Å². The van der Waals surface area contributed by atoms with E-state index < -0.39 is 0 Å². The summed E-state index contributed by atoms with van der Waals surface area (Å²) in [5.41, 5.74) is 3.87. The van der Waals surface area contributed by atoms with E-state index in [0.29, 0.717) is 19.5 Å². The monoisotopic (exact) mass is 326 g/mol. The van der Waals surface area contributed by atoms with Gasteiger partial charge in [0.25, 0.3) is 0 Å². The third kappa shape index (κ3) is 3.68. The lowest BCUT2D eigenvalue weighted by Gasteiger charge is -2.21. The van der Waals surface area contributed by atoms with Crippen LogP contribution in [0.2, 0.25) is 0 Å². The molecule has 118 valence electrons. The third-order valence-corrected chi connectivity index (χ3v) is 4.49. The topological polar surface area (TPSA) is 46.3 Å². The van der Waals surface area contributed by atoms with Crippen molar-refractivity contribution in [1.29, 1.82) is 0 Å². The fraction of sp³-hybridized carbons (Fsp3) is 0.222. The highest BCUT2D eigenvalue weighted by Crippen LogP contribution is 2.20. The second-order valence-electron chi connectivity index (χ2n) is 5.38. The molecule has 2 heterocycles. The molecule has 0 atom stereocenters. The number of aromatic nitrogens is 1. The molecule has 0 aliphatic rings. The summed E-state index contributed by atoms with van der Waals surface area (Å²) < 4.78 is 6.73. The van der Waals surface area contributed by atoms with Crippen LogP contribution in [0.3, 0.4) is 0 Å². The molecule has 4 nitrogen and oxygen atoms in total. The van der Waals surface area contributed by atoms with Crippen molar-refractivity contribution in [2.75, 3.05) is 6.54 Å². The Balaban J connectivity index is 1.72. The zero-order valence-electron chi connectivity index (χ0n) is 13.0. The maximum atomic E-state index is 12.1. The predicted molar refractivity (Wildman–Crippen MR) is 92.4 cm³/mol. The first kappa shape index (κ1) is 15.5. The van der Waals surface area contributed by atoms with Crippen LogP contribution < -0.4 is 0 Å². The Morgan fingerprint density at radius 3 is 3.00 bits per heavy atom. The zero-order valence-corrected chi connectivity index (χ0v) is 13.8. The molecule has 0 N–H and O–H groups in total. The highest BCUT2D eigenvalue weighted by molar-refractivity contribution is 7.16. The van der Waals surface area contributed by atoms with Crippen LogP contribution in [0.5, 0.6) is 0 Å². The Labute approximate surface area is 139 Å². The molecule has 0 fully saturated rings. The number of carbonyl (C=O) groups is 1. The smallest absolute Gasteiger partial charge is 0.246 e. The Morgan fingerprint density at radius 2 is 2.26 bits per heavy atom. The number of aryl methyl sites for hydroxylation is 1. The summed E-state index contributed by atoms with van der Waals surface area (Å²) in [6.07, 6.45) is 2.04. The van der Waals surface area contributed by atoms with Crippen LogP contribution in [-0.2, 0) is 17.8 Å². The van der Waals surface area contributed by atoms with Gasteiger partial charge in [0, 0.05) is 19.5 Å². The van der Waals surface area contributed by atoms with Gasteiger partial charge in [-0.3, -0.25) is 4.79 Å². The van der Waals surface area contributed by atoms with E-state index in [1.54, 1.807) is 16.2 Å². The first-order valence-electron chi connectivity index (χ1n) is 7.44. The van der Waals surface area contributed by atoms with Gasteiger partial charge in [-0.1, -0.05) is 12.6 Å². The van der Waals surface area contributed by atoms with E-state index in [4.69, 9.17) is 4.42 Å². The molecule has 0 aliphatic carbocycles. The molecule has 0 saturated carbocycles. The summed E-state index contributed by atoms with van der Waals surface area (Å²) in [4.78, 5) is 18.2. The second kappa shape index (κ2) is 6.79. The standard InChI is InChI=1S/C18H18N2O2S/c1-3-18(21)20(9-8-15-6-4-13(2)22-15)11-14-5-7-17-16(10-14)19-12-23-17/h3-7,10,12H,1,8-9,11H2,2H3. The van der Waals surface area contributed by atoms with E-state index in [0.717, 1.165) is 27.3 Å². The number of furan rings is 1. The van der Waals surface area contributed by atoms with Gasteiger partial charge in [-0.2, -0.15) is 0 Å². The number of carbonyl (C=O) groups excluding carboxylic acids is 1. The highest BCUT2D eigenvalue weighted by Gasteiger charge is 2.13. The molecular weight excluding hydrogens is 308 g/mol. The first-order valence-corrected chi connectivity index (χ1v) is 8.32. The van der Waals surface area contributed by atoms with Gasteiger partial charge in [0.05, 0.1) is 15.7 Å². The number of nitrogens with zero attached hydrogens (tertiary/aromatic N) is 2. The minimum Gasteiger partial charge on any atom is -0.466 e. The molecular formula is C18H18N2O2S. The summed E-state index contributed by atoms with van der Waals surface area (Å²) in [5.74, 6) is 1.70. The van der Waals surface area contributed by atoms with Gasteiger partial charge in [0.1, 0.15) is 11.5 Å². The molecule has 2 aromatic heterocycles. The van der Waals surface area contributed by atoms with Gasteiger partial charge in [-0.15, -0.1) is 11.3 Å². The van der Waals surface area contributed by atoms with E-state index >= 15 is 0 Å². The average Bonchev–Trinajstić information content (AvgIpc) is 3.18. The minimum atomic E-state index is -0.0772. The lowest BCUT2D eigenvalue weighted by molar-refractivity contribution is -0.126. The van der Waals surface area contributed by atoms with Crippen LogP contribution in [0.15, 0.2) is 52.9 Å². The van der Waals surface area contributed by atoms with Crippen LogP contribution in [-0.4, -0.2) is 22.3 Å². The Hall–Kier alpha value is -2.40. The Kier molecular flexibility index (Phi) is 4.57. The first-order chi connectivity index (χ1) is 11.2. The van der Waals surface area contributed by atoms with Gasteiger partial charge >= 0.3 is 0 Å². The predicted octanol–water partition coefficient (Wildman–Crippen LogP) is 3.96. The molecule has 23 heavy (non-hydrogen) atoms. The van der Waals surface area contributed by atoms with Crippen molar-refractivity contribution in [1.82, 2.24) is 9.88 Å². The van der Waals surface area contributed by atoms with E-state index in [9.17, 15) is 4.79 Å². The molecule has 0 unspecified atom stereocenters. The number of benzene rings is 1. The molecule has 0 radical (unpaired) electrons. The SMILES string of the molecule is C=CC(=O)N(CCc1ccc(C)o1)Cc1ccc2scnc2c1. The third-order valence-electron chi connectivity index (χ3n) is 3.68. The number of rotatable bonds is 6. The van der Waals surface area contributed by atoms with Crippen molar-refractivity contribution in [3.05, 3.63) is 65.6 Å². The molecule has 1 amide bonds. The summed E-state index contributed by atoms with van der Waals surface area (Å²) in [5, 5.41) is 0. The van der Waals surface area contributed by atoms with E-state index in [-0.39, 0.29) is 5.91 Å². The normalized spacial score (nSPS) is 10.8. The molecule has 0 aliphatic heterocycles. The van der Waals surface area contributed by atoms with Crippen molar-refractivity contribution >= 4 is 27.5 Å². The van der Waals surface area contributed by atoms with E-state index in [2.05, 4.69) is 17.6 Å². The fourth-order valence-corrected chi connectivity index (χ4v) is 3.14. The molecule has 0 spiro atoms. The van der Waals surface area contributed by atoms with Crippen LogP contribution in [0.1, 0.15) is 17.1 Å². The molecule has 1 aromatic carbocycles. The van der Waals surface area contributed by atoms with Crippen LogP contribution in [0.4, 0.5) is 0 Å². The summed E-state index contributed by atoms with van der Waals surface area (Å²) in [6.45, 7) is 6.64. The maximum absolute atomic E-state index is 12.1. The lowest BCUT2D eigenvalue weighted by Crippen LogP contribution is -2.30. The van der Waals surface area contributed by atoms with Crippen LogP contribution in [0.25, 0.3) is 10.2 Å². The quantitative estimate of drug-likeness (QED) is 0.644. The molecule has 0 bridgehead atoms. The number of thiazole rings is 1.